The van der Waals surface area contributed by atoms with Gasteiger partial charge in [-0.3, -0.25) is 0 Å². The molecule has 2 aliphatic rings. The van der Waals surface area contributed by atoms with Crippen LogP contribution in [-0.4, -0.2) is 46.3 Å². The van der Waals surface area contributed by atoms with Crippen LogP contribution in [0, 0.1) is 0 Å². The SMILES string of the molecule is O=C(O)/C=C/c1cnc(N2CCOC3CCCCC32)nc1. The molecule has 0 bridgehead atoms. The second kappa shape index (κ2) is 6.22. The summed E-state index contributed by atoms with van der Waals surface area (Å²) in [6.45, 7) is 1.52. The predicted octanol–water partition coefficient (Wildman–Crippen LogP) is 1.72. The number of hydrogen-bond acceptors (Lipinski definition) is 5. The fraction of sp³-hybridized carbons (Fsp3) is 0.533. The number of aliphatic carboxylic acids is 1. The highest BCUT2D eigenvalue weighted by Gasteiger charge is 2.35. The van der Waals surface area contributed by atoms with Gasteiger partial charge >= 0.3 is 5.97 Å². The summed E-state index contributed by atoms with van der Waals surface area (Å²) in [6.07, 6.45) is 10.9. The zero-order chi connectivity index (χ0) is 14.7. The highest BCUT2D eigenvalue weighted by molar-refractivity contribution is 5.85. The van der Waals surface area contributed by atoms with Crippen LogP contribution in [0.5, 0.6) is 0 Å². The molecule has 1 aliphatic heterocycles. The van der Waals surface area contributed by atoms with Gasteiger partial charge in [0.05, 0.1) is 18.8 Å². The average molecular weight is 289 g/mol. The van der Waals surface area contributed by atoms with Crippen LogP contribution in [0.1, 0.15) is 31.2 Å². The van der Waals surface area contributed by atoms with Crippen molar-refractivity contribution in [3.05, 3.63) is 24.0 Å². The summed E-state index contributed by atoms with van der Waals surface area (Å²) in [7, 11) is 0. The van der Waals surface area contributed by atoms with E-state index in [1.165, 1.54) is 18.9 Å². The van der Waals surface area contributed by atoms with E-state index in [2.05, 4.69) is 14.9 Å². The minimum atomic E-state index is -0.975. The molecule has 1 saturated carbocycles. The van der Waals surface area contributed by atoms with Crippen LogP contribution in [0.25, 0.3) is 6.08 Å². The third-order valence-corrected chi connectivity index (χ3v) is 4.07. The van der Waals surface area contributed by atoms with Crippen molar-refractivity contribution in [2.45, 2.75) is 37.8 Å². The molecule has 0 radical (unpaired) electrons. The monoisotopic (exact) mass is 289 g/mol. The molecule has 2 heterocycles. The summed E-state index contributed by atoms with van der Waals surface area (Å²) in [5, 5.41) is 8.61. The minimum absolute atomic E-state index is 0.294. The van der Waals surface area contributed by atoms with Gasteiger partial charge in [-0.2, -0.15) is 0 Å². The molecule has 2 atom stereocenters. The van der Waals surface area contributed by atoms with Gasteiger partial charge in [-0.05, 0) is 18.9 Å². The number of carboxylic acid groups (broad SMARTS) is 1. The molecule has 1 aromatic heterocycles. The van der Waals surface area contributed by atoms with Crippen molar-refractivity contribution in [2.75, 3.05) is 18.1 Å². The molecule has 1 aromatic rings. The fourth-order valence-electron chi connectivity index (χ4n) is 3.08. The Balaban J connectivity index is 1.75. The first kappa shape index (κ1) is 14.0. The fourth-order valence-corrected chi connectivity index (χ4v) is 3.08. The Morgan fingerprint density at radius 3 is 2.86 bits per heavy atom. The molecule has 21 heavy (non-hydrogen) atoms. The molecule has 0 spiro atoms. The number of rotatable bonds is 3. The minimum Gasteiger partial charge on any atom is -0.478 e. The Labute approximate surface area is 123 Å². The van der Waals surface area contributed by atoms with Crippen molar-refractivity contribution in [1.29, 1.82) is 0 Å². The topological polar surface area (TPSA) is 75.5 Å². The predicted molar refractivity (Wildman–Crippen MR) is 78.0 cm³/mol. The molecule has 0 aromatic carbocycles. The lowest BCUT2D eigenvalue weighted by molar-refractivity contribution is -0.131. The van der Waals surface area contributed by atoms with E-state index in [1.54, 1.807) is 12.4 Å². The van der Waals surface area contributed by atoms with Gasteiger partial charge in [0.1, 0.15) is 0 Å². The van der Waals surface area contributed by atoms with Crippen molar-refractivity contribution in [3.8, 4) is 0 Å². The number of carboxylic acids is 1. The maximum absolute atomic E-state index is 10.5. The molecular weight excluding hydrogens is 270 g/mol. The van der Waals surface area contributed by atoms with Gasteiger partial charge in [-0.15, -0.1) is 0 Å². The number of morpholine rings is 1. The summed E-state index contributed by atoms with van der Waals surface area (Å²) in [6, 6.07) is 0.368. The number of carbonyl (C=O) groups is 1. The van der Waals surface area contributed by atoms with E-state index in [0.717, 1.165) is 25.5 Å². The van der Waals surface area contributed by atoms with Gasteiger partial charge in [0.2, 0.25) is 5.95 Å². The largest absolute Gasteiger partial charge is 0.478 e. The Morgan fingerprint density at radius 2 is 2.10 bits per heavy atom. The lowest BCUT2D eigenvalue weighted by atomic mass is 9.90. The van der Waals surface area contributed by atoms with Gasteiger partial charge in [-0.1, -0.05) is 12.8 Å². The highest BCUT2D eigenvalue weighted by atomic mass is 16.5. The van der Waals surface area contributed by atoms with Crippen LogP contribution in [0.15, 0.2) is 18.5 Å². The van der Waals surface area contributed by atoms with Crippen molar-refractivity contribution >= 4 is 18.0 Å². The van der Waals surface area contributed by atoms with Crippen LogP contribution in [0.2, 0.25) is 0 Å². The Morgan fingerprint density at radius 1 is 1.33 bits per heavy atom. The summed E-state index contributed by atoms with van der Waals surface area (Å²) >= 11 is 0. The smallest absolute Gasteiger partial charge is 0.328 e. The van der Waals surface area contributed by atoms with Crippen LogP contribution in [-0.2, 0) is 9.53 Å². The van der Waals surface area contributed by atoms with E-state index in [1.807, 2.05) is 0 Å². The quantitative estimate of drug-likeness (QED) is 0.854. The maximum atomic E-state index is 10.5. The van der Waals surface area contributed by atoms with Gasteiger partial charge < -0.3 is 14.7 Å². The van der Waals surface area contributed by atoms with Crippen molar-refractivity contribution < 1.29 is 14.6 Å². The average Bonchev–Trinajstić information content (AvgIpc) is 2.53. The molecule has 1 saturated heterocycles. The molecule has 2 unspecified atom stereocenters. The Kier molecular flexibility index (Phi) is 4.15. The van der Waals surface area contributed by atoms with E-state index in [-0.39, 0.29) is 0 Å². The second-order valence-electron chi connectivity index (χ2n) is 5.44. The third-order valence-electron chi connectivity index (χ3n) is 4.07. The summed E-state index contributed by atoms with van der Waals surface area (Å²) in [4.78, 5) is 21.5. The van der Waals surface area contributed by atoms with E-state index < -0.39 is 5.97 Å². The maximum Gasteiger partial charge on any atom is 0.328 e. The molecule has 3 rings (SSSR count). The number of nitrogens with zero attached hydrogens (tertiary/aromatic N) is 3. The van der Waals surface area contributed by atoms with E-state index in [9.17, 15) is 4.79 Å². The van der Waals surface area contributed by atoms with Crippen molar-refractivity contribution in [1.82, 2.24) is 9.97 Å². The summed E-state index contributed by atoms with van der Waals surface area (Å²) < 4.78 is 5.85. The van der Waals surface area contributed by atoms with Crippen molar-refractivity contribution in [2.24, 2.45) is 0 Å². The summed E-state index contributed by atoms with van der Waals surface area (Å²) in [5.74, 6) is -0.264. The molecule has 0 amide bonds. The molecule has 1 aliphatic carbocycles. The van der Waals surface area contributed by atoms with Crippen molar-refractivity contribution in [3.63, 3.8) is 0 Å². The van der Waals surface area contributed by atoms with Gasteiger partial charge in [0.15, 0.2) is 0 Å². The summed E-state index contributed by atoms with van der Waals surface area (Å²) in [5.41, 5.74) is 0.689. The standard InChI is InChI=1S/C15H19N3O3/c19-14(20)6-5-11-9-16-15(17-10-11)18-7-8-21-13-4-2-1-3-12(13)18/h5-6,9-10,12-13H,1-4,7-8H2,(H,19,20)/b6-5+. The molecular formula is C15H19N3O3. The number of fused-ring (bicyclic) bond motifs is 1. The van der Waals surface area contributed by atoms with Gasteiger partial charge in [0, 0.05) is 30.6 Å². The Bertz CT molecular complexity index is 527. The van der Waals surface area contributed by atoms with Crippen LogP contribution < -0.4 is 4.90 Å². The lowest BCUT2D eigenvalue weighted by Gasteiger charge is -2.43. The zero-order valence-corrected chi connectivity index (χ0v) is 11.8. The second-order valence-corrected chi connectivity index (χ2v) is 5.44. The normalized spacial score (nSPS) is 25.8. The lowest BCUT2D eigenvalue weighted by Crippen LogP contribution is -2.53. The highest BCUT2D eigenvalue weighted by Crippen LogP contribution is 2.30. The van der Waals surface area contributed by atoms with Crippen LogP contribution in [0.3, 0.4) is 0 Å². The molecule has 112 valence electrons. The first-order valence-corrected chi connectivity index (χ1v) is 7.35. The number of aromatic nitrogens is 2. The first-order chi connectivity index (χ1) is 10.2. The molecule has 1 N–H and O–H groups in total. The number of hydrogen-bond donors (Lipinski definition) is 1. The van der Waals surface area contributed by atoms with Gasteiger partial charge in [-0.25, -0.2) is 14.8 Å². The number of ether oxygens (including phenoxy) is 1. The molecule has 6 nitrogen and oxygen atoms in total. The van der Waals surface area contributed by atoms with E-state index >= 15 is 0 Å². The molecule has 6 heteroatoms. The van der Waals surface area contributed by atoms with Crippen LogP contribution >= 0.6 is 0 Å². The third kappa shape index (κ3) is 3.21. The molecule has 2 fully saturated rings. The first-order valence-electron chi connectivity index (χ1n) is 7.35. The van der Waals surface area contributed by atoms with Crippen LogP contribution in [0.4, 0.5) is 5.95 Å². The zero-order valence-electron chi connectivity index (χ0n) is 11.8. The van der Waals surface area contributed by atoms with Gasteiger partial charge in [0.25, 0.3) is 0 Å². The van der Waals surface area contributed by atoms with E-state index in [4.69, 9.17) is 9.84 Å². The Hall–Kier alpha value is -1.95. The van der Waals surface area contributed by atoms with E-state index in [0.29, 0.717) is 30.3 Å². The number of anilines is 1.